The first kappa shape index (κ1) is 14.4. The highest BCUT2D eigenvalue weighted by Gasteiger charge is 2.12. The van der Waals surface area contributed by atoms with Gasteiger partial charge in [-0.15, -0.1) is 0 Å². The number of para-hydroxylation sites is 1. The zero-order valence-corrected chi connectivity index (χ0v) is 12.5. The van der Waals surface area contributed by atoms with Gasteiger partial charge in [0.05, 0.1) is 13.2 Å². The molecule has 0 radical (unpaired) electrons. The van der Waals surface area contributed by atoms with Crippen LogP contribution in [0.4, 0.5) is 0 Å². The summed E-state index contributed by atoms with van der Waals surface area (Å²) in [5.41, 5.74) is 7.18. The Morgan fingerprint density at radius 3 is 2.45 bits per heavy atom. The first-order valence-corrected chi connectivity index (χ1v) is 7.28. The summed E-state index contributed by atoms with van der Waals surface area (Å²) in [6.07, 6.45) is 0. The molecule has 2 N–H and O–H groups in total. The fourth-order valence-corrected chi connectivity index (χ4v) is 2.51. The van der Waals surface area contributed by atoms with Gasteiger partial charge in [-0.2, -0.15) is 0 Å². The molecule has 0 fully saturated rings. The lowest BCUT2D eigenvalue weighted by atomic mass is 10.1. The predicted molar refractivity (Wildman–Crippen MR) is 89.4 cm³/mol. The highest BCUT2D eigenvalue weighted by molar-refractivity contribution is 5.83. The number of fused-ring (bicyclic) bond motifs is 1. The van der Waals surface area contributed by atoms with E-state index in [-0.39, 0.29) is 6.04 Å². The van der Waals surface area contributed by atoms with E-state index < -0.39 is 0 Å². The van der Waals surface area contributed by atoms with Gasteiger partial charge in [0.25, 0.3) is 0 Å². The molecule has 0 spiro atoms. The summed E-state index contributed by atoms with van der Waals surface area (Å²) >= 11 is 0. The van der Waals surface area contributed by atoms with E-state index in [1.165, 1.54) is 5.39 Å². The lowest BCUT2D eigenvalue weighted by molar-refractivity contribution is 0.287. The van der Waals surface area contributed by atoms with Crippen molar-refractivity contribution in [3.8, 4) is 11.5 Å². The molecule has 3 nitrogen and oxygen atoms in total. The second-order valence-electron chi connectivity index (χ2n) is 5.17. The normalized spacial score (nSPS) is 12.1. The molecule has 1 atom stereocenters. The van der Waals surface area contributed by atoms with Crippen molar-refractivity contribution in [3.63, 3.8) is 0 Å². The minimum Gasteiger partial charge on any atom is -0.496 e. The maximum atomic E-state index is 6.23. The highest BCUT2D eigenvalue weighted by Crippen LogP contribution is 2.25. The van der Waals surface area contributed by atoms with E-state index in [2.05, 4.69) is 18.2 Å². The van der Waals surface area contributed by atoms with Gasteiger partial charge in [0.2, 0.25) is 0 Å². The SMILES string of the molecule is COc1ccccc1C(N)COc1ccc2ccccc2c1. The van der Waals surface area contributed by atoms with E-state index in [1.807, 2.05) is 48.5 Å². The maximum Gasteiger partial charge on any atom is 0.123 e. The van der Waals surface area contributed by atoms with Crippen molar-refractivity contribution in [2.75, 3.05) is 13.7 Å². The van der Waals surface area contributed by atoms with Crippen molar-refractivity contribution in [3.05, 3.63) is 72.3 Å². The molecule has 1 unspecified atom stereocenters. The van der Waals surface area contributed by atoms with Crippen molar-refractivity contribution in [1.29, 1.82) is 0 Å². The second kappa shape index (κ2) is 6.50. The molecule has 0 aliphatic rings. The third kappa shape index (κ3) is 3.05. The molecule has 0 bridgehead atoms. The molecule has 3 aromatic rings. The summed E-state index contributed by atoms with van der Waals surface area (Å²) < 4.78 is 11.2. The summed E-state index contributed by atoms with van der Waals surface area (Å²) in [7, 11) is 1.65. The van der Waals surface area contributed by atoms with Crippen LogP contribution in [0.15, 0.2) is 66.7 Å². The zero-order valence-electron chi connectivity index (χ0n) is 12.5. The van der Waals surface area contributed by atoms with E-state index >= 15 is 0 Å². The smallest absolute Gasteiger partial charge is 0.123 e. The van der Waals surface area contributed by atoms with Crippen LogP contribution < -0.4 is 15.2 Å². The predicted octanol–water partition coefficient (Wildman–Crippen LogP) is 3.93. The molecule has 3 aromatic carbocycles. The third-order valence-electron chi connectivity index (χ3n) is 3.69. The van der Waals surface area contributed by atoms with Crippen LogP contribution in [-0.2, 0) is 0 Å². The van der Waals surface area contributed by atoms with Crippen molar-refractivity contribution < 1.29 is 9.47 Å². The van der Waals surface area contributed by atoms with Gasteiger partial charge in [-0.3, -0.25) is 0 Å². The molecular formula is C19H19NO2. The largest absolute Gasteiger partial charge is 0.496 e. The molecule has 0 aliphatic heterocycles. The van der Waals surface area contributed by atoms with E-state index in [0.29, 0.717) is 6.61 Å². The summed E-state index contributed by atoms with van der Waals surface area (Å²) in [5, 5.41) is 2.36. The third-order valence-corrected chi connectivity index (χ3v) is 3.69. The Labute approximate surface area is 130 Å². The molecule has 112 valence electrons. The van der Waals surface area contributed by atoms with Gasteiger partial charge < -0.3 is 15.2 Å². The van der Waals surface area contributed by atoms with E-state index in [4.69, 9.17) is 15.2 Å². The molecule has 3 rings (SSSR count). The molecule has 0 amide bonds. The summed E-state index contributed by atoms with van der Waals surface area (Å²) in [4.78, 5) is 0. The first-order chi connectivity index (χ1) is 10.8. The van der Waals surface area contributed by atoms with Crippen LogP contribution in [0.2, 0.25) is 0 Å². The molecule has 0 aliphatic carbocycles. The Morgan fingerprint density at radius 1 is 0.909 bits per heavy atom. The average Bonchev–Trinajstić information content (AvgIpc) is 2.59. The maximum absolute atomic E-state index is 6.23. The standard InChI is InChI=1S/C19H19NO2/c1-21-19-9-5-4-8-17(19)18(20)13-22-16-11-10-14-6-2-3-7-15(14)12-16/h2-12,18H,13,20H2,1H3. The van der Waals surface area contributed by atoms with Gasteiger partial charge in [-0.25, -0.2) is 0 Å². The lowest BCUT2D eigenvalue weighted by Gasteiger charge is -2.16. The van der Waals surface area contributed by atoms with E-state index in [1.54, 1.807) is 7.11 Å². The number of benzene rings is 3. The number of hydrogen-bond donors (Lipinski definition) is 1. The zero-order chi connectivity index (χ0) is 15.4. The van der Waals surface area contributed by atoms with Crippen LogP contribution in [0.5, 0.6) is 11.5 Å². The van der Waals surface area contributed by atoms with Gasteiger partial charge in [0.1, 0.15) is 18.1 Å². The fourth-order valence-electron chi connectivity index (χ4n) is 2.51. The number of hydrogen-bond acceptors (Lipinski definition) is 3. The highest BCUT2D eigenvalue weighted by atomic mass is 16.5. The average molecular weight is 293 g/mol. The van der Waals surface area contributed by atoms with Crippen molar-refractivity contribution in [2.24, 2.45) is 5.73 Å². The van der Waals surface area contributed by atoms with Crippen LogP contribution in [0.3, 0.4) is 0 Å². The fraction of sp³-hybridized carbons (Fsp3) is 0.158. The molecular weight excluding hydrogens is 274 g/mol. The molecule has 3 heteroatoms. The van der Waals surface area contributed by atoms with Crippen molar-refractivity contribution in [2.45, 2.75) is 6.04 Å². The van der Waals surface area contributed by atoms with Crippen LogP contribution in [-0.4, -0.2) is 13.7 Å². The Bertz CT molecular complexity index is 770. The number of nitrogens with two attached hydrogens (primary N) is 1. The quantitative estimate of drug-likeness (QED) is 0.775. The molecule has 0 saturated carbocycles. The monoisotopic (exact) mass is 293 g/mol. The first-order valence-electron chi connectivity index (χ1n) is 7.28. The Morgan fingerprint density at radius 2 is 1.64 bits per heavy atom. The number of rotatable bonds is 5. The van der Waals surface area contributed by atoms with Crippen LogP contribution >= 0.6 is 0 Å². The molecule has 22 heavy (non-hydrogen) atoms. The summed E-state index contributed by atoms with van der Waals surface area (Å²) in [5.74, 6) is 1.61. The van der Waals surface area contributed by atoms with Gasteiger partial charge >= 0.3 is 0 Å². The van der Waals surface area contributed by atoms with Crippen molar-refractivity contribution >= 4 is 10.8 Å². The van der Waals surface area contributed by atoms with E-state index in [0.717, 1.165) is 22.4 Å². The molecule has 0 aromatic heterocycles. The van der Waals surface area contributed by atoms with Gasteiger partial charge in [-0.1, -0.05) is 48.5 Å². The Balaban J connectivity index is 1.73. The van der Waals surface area contributed by atoms with Crippen LogP contribution in [0, 0.1) is 0 Å². The van der Waals surface area contributed by atoms with Gasteiger partial charge in [-0.05, 0) is 29.0 Å². The van der Waals surface area contributed by atoms with Crippen molar-refractivity contribution in [1.82, 2.24) is 0 Å². The molecule has 0 heterocycles. The lowest BCUT2D eigenvalue weighted by Crippen LogP contribution is -2.19. The summed E-state index contributed by atoms with van der Waals surface area (Å²) in [6, 6.07) is 21.8. The van der Waals surface area contributed by atoms with E-state index in [9.17, 15) is 0 Å². The molecule has 0 saturated heterocycles. The number of methoxy groups -OCH3 is 1. The minimum absolute atomic E-state index is 0.234. The second-order valence-corrected chi connectivity index (χ2v) is 5.17. The Kier molecular flexibility index (Phi) is 4.26. The summed E-state index contributed by atoms with van der Waals surface area (Å²) in [6.45, 7) is 0.402. The Hall–Kier alpha value is -2.52. The minimum atomic E-state index is -0.234. The van der Waals surface area contributed by atoms with Gasteiger partial charge in [0.15, 0.2) is 0 Å². The van der Waals surface area contributed by atoms with Crippen LogP contribution in [0.1, 0.15) is 11.6 Å². The number of ether oxygens (including phenoxy) is 2. The van der Waals surface area contributed by atoms with Crippen LogP contribution in [0.25, 0.3) is 10.8 Å². The van der Waals surface area contributed by atoms with Gasteiger partial charge in [0, 0.05) is 5.56 Å². The topological polar surface area (TPSA) is 44.5 Å².